The van der Waals surface area contributed by atoms with E-state index in [2.05, 4.69) is 104 Å². The summed E-state index contributed by atoms with van der Waals surface area (Å²) in [6, 6.07) is 30.2. The van der Waals surface area contributed by atoms with Gasteiger partial charge in [-0.1, -0.05) is 90.6 Å². The van der Waals surface area contributed by atoms with Crippen LogP contribution in [0.3, 0.4) is 0 Å². The van der Waals surface area contributed by atoms with Crippen LogP contribution in [-0.2, 0) is 0 Å². The molecule has 0 amide bonds. The average Bonchev–Trinajstić information content (AvgIpc) is 3.01. The summed E-state index contributed by atoms with van der Waals surface area (Å²) in [6.07, 6.45) is 0. The molecule has 0 fully saturated rings. The number of rotatable bonds is 3. The molecule has 1 aliphatic rings. The molecule has 25 heavy (non-hydrogen) atoms. The monoisotopic (exact) mass is 343 g/mol. The van der Waals surface area contributed by atoms with Crippen molar-refractivity contribution < 1.29 is 0 Å². The molecular weight excluding hydrogens is 322 g/mol. The van der Waals surface area contributed by atoms with Crippen LogP contribution in [0.5, 0.6) is 0 Å². The number of anilines is 1. The Morgan fingerprint density at radius 3 is 2.00 bits per heavy atom. The number of hydrogen-bond acceptors (Lipinski definition) is 2. The normalized spacial score (nSPS) is 17.2. The topological polar surface area (TPSA) is 3.24 Å². The Balaban J connectivity index is 1.85. The fourth-order valence-corrected chi connectivity index (χ4v) is 4.81. The minimum Gasteiger partial charge on any atom is -0.327 e. The number of nitrogens with zero attached hydrogens (tertiary/aromatic N) is 1. The van der Waals surface area contributed by atoms with Crippen LogP contribution in [0.25, 0.3) is 4.91 Å². The Kier molecular flexibility index (Phi) is 4.37. The van der Waals surface area contributed by atoms with Crippen LogP contribution >= 0.6 is 11.8 Å². The maximum atomic E-state index is 2.48. The summed E-state index contributed by atoms with van der Waals surface area (Å²) in [5.74, 6) is 0. The molecule has 2 heteroatoms. The Hall–Kier alpha value is -2.45. The third-order valence-corrected chi connectivity index (χ3v) is 6.12. The molecule has 0 radical (unpaired) electrons. The van der Waals surface area contributed by atoms with Gasteiger partial charge in [0.15, 0.2) is 0 Å². The van der Waals surface area contributed by atoms with Crippen molar-refractivity contribution >= 4 is 22.4 Å². The van der Waals surface area contributed by atoms with E-state index in [1.165, 1.54) is 33.0 Å². The van der Waals surface area contributed by atoms with Crippen LogP contribution in [-0.4, -0.2) is 0 Å². The molecule has 0 aliphatic carbocycles. The van der Waals surface area contributed by atoms with Crippen molar-refractivity contribution in [1.82, 2.24) is 0 Å². The summed E-state index contributed by atoms with van der Waals surface area (Å²) < 4.78 is 0. The second-order valence-corrected chi connectivity index (χ2v) is 7.41. The Morgan fingerprint density at radius 1 is 0.720 bits per heavy atom. The highest BCUT2D eigenvalue weighted by molar-refractivity contribution is 8.09. The highest BCUT2D eigenvalue weighted by atomic mass is 32.2. The molecule has 124 valence electrons. The lowest BCUT2D eigenvalue weighted by Crippen LogP contribution is -2.21. The predicted molar refractivity (Wildman–Crippen MR) is 109 cm³/mol. The number of aryl methyl sites for hydroxylation is 1. The number of benzene rings is 3. The number of para-hydroxylation sites is 1. The first-order chi connectivity index (χ1) is 12.3. The van der Waals surface area contributed by atoms with Gasteiger partial charge in [-0.15, -0.1) is 0 Å². The molecular formula is C23H21NS. The van der Waals surface area contributed by atoms with Crippen LogP contribution in [0.4, 0.5) is 5.69 Å². The van der Waals surface area contributed by atoms with Crippen LogP contribution in [0.15, 0.2) is 90.6 Å². The zero-order chi connectivity index (χ0) is 17.2. The van der Waals surface area contributed by atoms with Crippen molar-refractivity contribution in [3.8, 4) is 0 Å². The Morgan fingerprint density at radius 2 is 1.32 bits per heavy atom. The minimum atomic E-state index is 0.262. The summed E-state index contributed by atoms with van der Waals surface area (Å²) in [4.78, 5) is 3.84. The molecule has 0 saturated heterocycles. The predicted octanol–water partition coefficient (Wildman–Crippen LogP) is 6.64. The summed E-state index contributed by atoms with van der Waals surface area (Å²) in [5.41, 5.74) is 6.53. The first-order valence-electron chi connectivity index (χ1n) is 8.58. The van der Waals surface area contributed by atoms with Crippen LogP contribution < -0.4 is 4.90 Å². The fraction of sp³-hybridized carbons (Fsp3) is 0.130. The molecule has 0 spiro atoms. The van der Waals surface area contributed by atoms with E-state index in [4.69, 9.17) is 0 Å². The third-order valence-electron chi connectivity index (χ3n) is 4.65. The molecule has 1 atom stereocenters. The molecule has 1 aliphatic heterocycles. The molecule has 3 aromatic carbocycles. The van der Waals surface area contributed by atoms with E-state index in [0.717, 1.165) is 0 Å². The van der Waals surface area contributed by atoms with Gasteiger partial charge in [-0.05, 0) is 36.6 Å². The summed E-state index contributed by atoms with van der Waals surface area (Å²) in [5, 5.41) is 0.262. The molecule has 1 heterocycles. The van der Waals surface area contributed by atoms with Gasteiger partial charge in [0.25, 0.3) is 0 Å². The summed E-state index contributed by atoms with van der Waals surface area (Å²) in [6.45, 7) is 4.43. The zero-order valence-electron chi connectivity index (χ0n) is 14.5. The zero-order valence-corrected chi connectivity index (χ0v) is 15.3. The second kappa shape index (κ2) is 6.81. The number of thioether (sulfide) groups is 1. The molecule has 0 saturated carbocycles. The van der Waals surface area contributed by atoms with Gasteiger partial charge >= 0.3 is 0 Å². The Bertz CT molecular complexity index is 900. The maximum Gasteiger partial charge on any atom is 0.110 e. The highest BCUT2D eigenvalue weighted by Gasteiger charge is 2.33. The highest BCUT2D eigenvalue weighted by Crippen LogP contribution is 2.53. The van der Waals surface area contributed by atoms with E-state index < -0.39 is 0 Å². The van der Waals surface area contributed by atoms with E-state index in [-0.39, 0.29) is 5.37 Å². The first-order valence-corrected chi connectivity index (χ1v) is 9.46. The average molecular weight is 343 g/mol. The van der Waals surface area contributed by atoms with E-state index in [9.17, 15) is 0 Å². The van der Waals surface area contributed by atoms with Gasteiger partial charge in [0.2, 0.25) is 0 Å². The minimum absolute atomic E-state index is 0.262. The van der Waals surface area contributed by atoms with Gasteiger partial charge in [0.1, 0.15) is 5.37 Å². The van der Waals surface area contributed by atoms with Gasteiger partial charge < -0.3 is 4.90 Å². The number of allylic oxidation sites excluding steroid dienone is 1. The van der Waals surface area contributed by atoms with Gasteiger partial charge in [0.05, 0.1) is 0 Å². The van der Waals surface area contributed by atoms with Crippen molar-refractivity contribution in [3.05, 3.63) is 107 Å². The SMILES string of the molecule is CC1=C(c2ccccc2)SC(c2ccccc2)N1c1ccccc1C. The van der Waals surface area contributed by atoms with E-state index >= 15 is 0 Å². The summed E-state index contributed by atoms with van der Waals surface area (Å²) >= 11 is 1.94. The summed E-state index contributed by atoms with van der Waals surface area (Å²) in [7, 11) is 0. The molecule has 1 unspecified atom stereocenters. The van der Waals surface area contributed by atoms with Gasteiger partial charge in [-0.25, -0.2) is 0 Å². The standard InChI is InChI=1S/C23H21NS/c1-17-11-9-10-16-21(17)24-18(2)22(19-12-5-3-6-13-19)25-23(24)20-14-7-4-8-15-20/h3-16,23H,1-2H3. The second-order valence-electron chi connectivity index (χ2n) is 6.32. The molecule has 4 rings (SSSR count). The first kappa shape index (κ1) is 16.0. The van der Waals surface area contributed by atoms with Crippen molar-refractivity contribution in [2.24, 2.45) is 0 Å². The van der Waals surface area contributed by atoms with Gasteiger partial charge in [0, 0.05) is 16.3 Å². The van der Waals surface area contributed by atoms with Crippen molar-refractivity contribution in [2.75, 3.05) is 4.90 Å². The fourth-order valence-electron chi connectivity index (χ4n) is 3.38. The molecule has 3 aromatic rings. The van der Waals surface area contributed by atoms with Crippen molar-refractivity contribution in [1.29, 1.82) is 0 Å². The Labute approximate surface area is 154 Å². The van der Waals surface area contributed by atoms with E-state index in [1.54, 1.807) is 0 Å². The lowest BCUT2D eigenvalue weighted by Gasteiger charge is -2.29. The number of hydrogen-bond donors (Lipinski definition) is 0. The van der Waals surface area contributed by atoms with Crippen LogP contribution in [0, 0.1) is 6.92 Å². The lowest BCUT2D eigenvalue weighted by atomic mass is 10.1. The van der Waals surface area contributed by atoms with Crippen LogP contribution in [0.2, 0.25) is 0 Å². The smallest absolute Gasteiger partial charge is 0.110 e. The van der Waals surface area contributed by atoms with Gasteiger partial charge in [-0.3, -0.25) is 0 Å². The molecule has 1 nitrogen and oxygen atoms in total. The molecule has 0 N–H and O–H groups in total. The largest absolute Gasteiger partial charge is 0.327 e. The maximum absolute atomic E-state index is 2.48. The van der Waals surface area contributed by atoms with E-state index in [0.29, 0.717) is 0 Å². The lowest BCUT2D eigenvalue weighted by molar-refractivity contribution is 0.906. The molecule has 0 aromatic heterocycles. The molecule has 0 bridgehead atoms. The van der Waals surface area contributed by atoms with Crippen molar-refractivity contribution in [2.45, 2.75) is 19.2 Å². The van der Waals surface area contributed by atoms with Gasteiger partial charge in [-0.2, -0.15) is 0 Å². The third kappa shape index (κ3) is 2.98. The van der Waals surface area contributed by atoms with Crippen molar-refractivity contribution in [3.63, 3.8) is 0 Å². The van der Waals surface area contributed by atoms with E-state index in [1.807, 2.05) is 11.8 Å². The van der Waals surface area contributed by atoms with Crippen LogP contribution in [0.1, 0.15) is 29.0 Å². The quantitative estimate of drug-likeness (QED) is 0.524.